The predicted molar refractivity (Wildman–Crippen MR) is 36.9 cm³/mol. The summed E-state index contributed by atoms with van der Waals surface area (Å²) in [5.74, 6) is 1.42. The van der Waals surface area contributed by atoms with Gasteiger partial charge in [0.15, 0.2) is 0 Å². The van der Waals surface area contributed by atoms with Crippen LogP contribution in [0.1, 0.15) is 12.8 Å². The molecule has 40 valence electrons. The molecule has 0 aromatic rings. The maximum Gasteiger partial charge on any atom is 0.0624 e. The lowest BCUT2D eigenvalue weighted by atomic mass is 10.3. The van der Waals surface area contributed by atoms with Gasteiger partial charge in [0.05, 0.1) is 4.58 Å². The van der Waals surface area contributed by atoms with Gasteiger partial charge in [-0.1, -0.05) is 0 Å². The molecule has 0 aliphatic carbocycles. The number of hydrogen-bond acceptors (Lipinski definition) is 2. The minimum atomic E-state index is 1.04. The molecule has 2 aliphatic heterocycles. The van der Waals surface area contributed by atoms with Crippen LogP contribution in [0.5, 0.6) is 0 Å². The molecule has 2 atom stereocenters. The molecule has 0 bridgehead atoms. The molecule has 2 aliphatic rings. The van der Waals surface area contributed by atoms with Crippen molar-refractivity contribution in [1.82, 2.24) is 0 Å². The highest BCUT2D eigenvalue weighted by atomic mass is 32.2. The molecule has 0 amide bonds. The van der Waals surface area contributed by atoms with E-state index in [0.717, 1.165) is 9.83 Å². The van der Waals surface area contributed by atoms with Crippen molar-refractivity contribution < 1.29 is 0 Å². The standard InChI is InChI=1S/C5H8S2/c1-2-4-5(7-4)6-3-1/h4-5H,1-3H2. The van der Waals surface area contributed by atoms with Crippen molar-refractivity contribution in [3.8, 4) is 0 Å². The molecule has 0 spiro atoms. The van der Waals surface area contributed by atoms with E-state index >= 15 is 0 Å². The molecule has 0 nitrogen and oxygen atoms in total. The Hall–Kier alpha value is 0.700. The number of fused-ring (bicyclic) bond motifs is 1. The summed E-state index contributed by atoms with van der Waals surface area (Å²) >= 11 is 4.32. The summed E-state index contributed by atoms with van der Waals surface area (Å²) in [6.45, 7) is 0. The SMILES string of the molecule is C1CSC2SC2C1. The molecule has 2 unspecified atom stereocenters. The highest BCUT2D eigenvalue weighted by Crippen LogP contribution is 2.54. The monoisotopic (exact) mass is 132 g/mol. The first kappa shape index (κ1) is 4.57. The van der Waals surface area contributed by atoms with Gasteiger partial charge in [-0.2, -0.15) is 0 Å². The van der Waals surface area contributed by atoms with E-state index in [9.17, 15) is 0 Å². The van der Waals surface area contributed by atoms with E-state index in [0.29, 0.717) is 0 Å². The molecular formula is C5H8S2. The fourth-order valence-electron chi connectivity index (χ4n) is 0.962. The molecule has 2 rings (SSSR count). The first-order valence-corrected chi connectivity index (χ1v) is 4.73. The van der Waals surface area contributed by atoms with Crippen molar-refractivity contribution >= 4 is 23.5 Å². The third-order valence-corrected chi connectivity index (χ3v) is 4.69. The van der Waals surface area contributed by atoms with Crippen molar-refractivity contribution in [2.24, 2.45) is 0 Å². The summed E-state index contributed by atoms with van der Waals surface area (Å²) in [7, 11) is 0. The topological polar surface area (TPSA) is 0 Å². The summed E-state index contributed by atoms with van der Waals surface area (Å²) in [5, 5.41) is 1.08. The third kappa shape index (κ3) is 0.789. The minimum Gasteiger partial charge on any atom is -0.146 e. The van der Waals surface area contributed by atoms with Gasteiger partial charge in [0, 0.05) is 5.25 Å². The van der Waals surface area contributed by atoms with E-state index in [-0.39, 0.29) is 0 Å². The maximum atomic E-state index is 2.16. The van der Waals surface area contributed by atoms with Gasteiger partial charge in [-0.05, 0) is 18.6 Å². The number of hydrogen-bond donors (Lipinski definition) is 0. The highest BCUT2D eigenvalue weighted by molar-refractivity contribution is 8.24. The van der Waals surface area contributed by atoms with Crippen LogP contribution < -0.4 is 0 Å². The lowest BCUT2D eigenvalue weighted by molar-refractivity contribution is 0.809. The van der Waals surface area contributed by atoms with Crippen LogP contribution in [0, 0.1) is 0 Å². The van der Waals surface area contributed by atoms with Crippen LogP contribution >= 0.6 is 23.5 Å². The van der Waals surface area contributed by atoms with Gasteiger partial charge in [0.1, 0.15) is 0 Å². The Morgan fingerprint density at radius 3 is 3.00 bits per heavy atom. The third-order valence-electron chi connectivity index (χ3n) is 1.45. The number of thioether (sulfide) groups is 2. The number of rotatable bonds is 0. The Morgan fingerprint density at radius 1 is 1.43 bits per heavy atom. The Labute approximate surface area is 52.4 Å². The summed E-state index contributed by atoms with van der Waals surface area (Å²) < 4.78 is 1.04. The van der Waals surface area contributed by atoms with E-state index in [1.54, 1.807) is 0 Å². The molecule has 2 heteroatoms. The van der Waals surface area contributed by atoms with Gasteiger partial charge in [-0.25, -0.2) is 0 Å². The molecule has 0 aromatic heterocycles. The molecule has 2 heterocycles. The second-order valence-electron chi connectivity index (χ2n) is 2.06. The Kier molecular flexibility index (Phi) is 1.04. The highest BCUT2D eigenvalue weighted by Gasteiger charge is 2.40. The van der Waals surface area contributed by atoms with Crippen molar-refractivity contribution in [3.05, 3.63) is 0 Å². The van der Waals surface area contributed by atoms with Gasteiger partial charge in [0.2, 0.25) is 0 Å². The lowest BCUT2D eigenvalue weighted by Gasteiger charge is -2.03. The summed E-state index contributed by atoms with van der Waals surface area (Å²) in [4.78, 5) is 0. The van der Waals surface area contributed by atoms with E-state index in [2.05, 4.69) is 23.5 Å². The van der Waals surface area contributed by atoms with Crippen LogP contribution in [0.4, 0.5) is 0 Å². The smallest absolute Gasteiger partial charge is 0.0624 e. The summed E-state index contributed by atoms with van der Waals surface area (Å²) in [6, 6.07) is 0. The summed E-state index contributed by atoms with van der Waals surface area (Å²) in [5.41, 5.74) is 0. The quantitative estimate of drug-likeness (QED) is 0.462. The molecular weight excluding hydrogens is 124 g/mol. The van der Waals surface area contributed by atoms with Crippen LogP contribution in [-0.2, 0) is 0 Å². The first-order valence-electron chi connectivity index (χ1n) is 2.74. The Bertz CT molecular complexity index is 72.1. The zero-order chi connectivity index (χ0) is 4.69. The molecule has 0 saturated carbocycles. The fourth-order valence-corrected chi connectivity index (χ4v) is 3.84. The molecule has 0 aromatic carbocycles. The molecule has 0 N–H and O–H groups in total. The lowest BCUT2D eigenvalue weighted by Crippen LogP contribution is -1.98. The van der Waals surface area contributed by atoms with Crippen LogP contribution in [0.2, 0.25) is 0 Å². The summed E-state index contributed by atoms with van der Waals surface area (Å²) in [6.07, 6.45) is 2.97. The average molecular weight is 132 g/mol. The minimum absolute atomic E-state index is 1.04. The van der Waals surface area contributed by atoms with Crippen molar-refractivity contribution in [2.75, 3.05) is 5.75 Å². The second kappa shape index (κ2) is 1.59. The molecule has 2 saturated heterocycles. The predicted octanol–water partition coefficient (Wildman–Crippen LogP) is 1.95. The zero-order valence-corrected chi connectivity index (χ0v) is 5.73. The largest absolute Gasteiger partial charge is 0.146 e. The van der Waals surface area contributed by atoms with Crippen LogP contribution in [0.25, 0.3) is 0 Å². The zero-order valence-electron chi connectivity index (χ0n) is 4.09. The molecule has 2 fully saturated rings. The Balaban J connectivity index is 1.95. The van der Waals surface area contributed by atoms with E-state index in [1.807, 2.05) is 0 Å². The van der Waals surface area contributed by atoms with Gasteiger partial charge in [-0.3, -0.25) is 0 Å². The van der Waals surface area contributed by atoms with E-state index in [1.165, 1.54) is 18.6 Å². The van der Waals surface area contributed by atoms with Gasteiger partial charge < -0.3 is 0 Å². The fraction of sp³-hybridized carbons (Fsp3) is 1.00. The van der Waals surface area contributed by atoms with Crippen molar-refractivity contribution in [2.45, 2.75) is 22.7 Å². The Morgan fingerprint density at radius 2 is 2.43 bits per heavy atom. The van der Waals surface area contributed by atoms with Crippen LogP contribution in [0.15, 0.2) is 0 Å². The van der Waals surface area contributed by atoms with Crippen LogP contribution in [0.3, 0.4) is 0 Å². The maximum absolute atomic E-state index is 2.16. The molecule has 0 radical (unpaired) electrons. The van der Waals surface area contributed by atoms with Crippen LogP contribution in [-0.4, -0.2) is 15.6 Å². The van der Waals surface area contributed by atoms with Crippen molar-refractivity contribution in [1.29, 1.82) is 0 Å². The average Bonchev–Trinajstić information content (AvgIpc) is 2.41. The van der Waals surface area contributed by atoms with Gasteiger partial charge >= 0.3 is 0 Å². The second-order valence-corrected chi connectivity index (χ2v) is 4.99. The molecule has 7 heavy (non-hydrogen) atoms. The first-order chi connectivity index (χ1) is 3.47. The van der Waals surface area contributed by atoms with Gasteiger partial charge in [0.25, 0.3) is 0 Å². The van der Waals surface area contributed by atoms with Crippen molar-refractivity contribution in [3.63, 3.8) is 0 Å². The normalized spacial score (nSPS) is 48.0. The van der Waals surface area contributed by atoms with Gasteiger partial charge in [-0.15, -0.1) is 23.5 Å². The van der Waals surface area contributed by atoms with E-state index < -0.39 is 0 Å². The van der Waals surface area contributed by atoms with E-state index in [4.69, 9.17) is 0 Å².